The number of aromatic nitrogens is 1. The Bertz CT molecular complexity index is 1020. The Balaban J connectivity index is 1.97. The Kier molecular flexibility index (Phi) is 5.60. The van der Waals surface area contributed by atoms with Gasteiger partial charge in [-0.15, -0.1) is 0 Å². The molecule has 0 fully saturated rings. The van der Waals surface area contributed by atoms with Crippen LogP contribution in [0.25, 0.3) is 10.9 Å². The maximum absolute atomic E-state index is 13.1. The number of hydrogen-bond acceptors (Lipinski definition) is 3. The van der Waals surface area contributed by atoms with Crippen LogP contribution in [-0.4, -0.2) is 29.4 Å². The number of benzene rings is 2. The number of pyridine rings is 1. The third-order valence-electron chi connectivity index (χ3n) is 4.64. The summed E-state index contributed by atoms with van der Waals surface area (Å²) in [5.41, 5.74) is 2.77. The van der Waals surface area contributed by atoms with Gasteiger partial charge in [0.15, 0.2) is 0 Å². The van der Waals surface area contributed by atoms with E-state index >= 15 is 0 Å². The summed E-state index contributed by atoms with van der Waals surface area (Å²) in [7, 11) is 1.55. The normalized spacial score (nSPS) is 10.8. The van der Waals surface area contributed by atoms with Gasteiger partial charge < -0.3 is 14.6 Å². The number of methoxy groups -OCH3 is 1. The van der Waals surface area contributed by atoms with Crippen LogP contribution >= 0.6 is 0 Å². The molecule has 0 atom stereocenters. The van der Waals surface area contributed by atoms with Crippen molar-refractivity contribution in [2.75, 3.05) is 13.7 Å². The molecule has 1 amide bonds. The van der Waals surface area contributed by atoms with Crippen molar-refractivity contribution in [2.45, 2.75) is 26.8 Å². The van der Waals surface area contributed by atoms with Crippen molar-refractivity contribution in [2.24, 2.45) is 0 Å². The van der Waals surface area contributed by atoms with E-state index in [1.807, 2.05) is 50.2 Å². The smallest absolute Gasteiger partial charge is 0.257 e. The molecule has 2 aromatic carbocycles. The molecule has 0 spiro atoms. The molecule has 27 heavy (non-hydrogen) atoms. The van der Waals surface area contributed by atoms with Crippen LogP contribution in [0.5, 0.6) is 5.75 Å². The van der Waals surface area contributed by atoms with Gasteiger partial charge in [-0.1, -0.05) is 37.3 Å². The maximum atomic E-state index is 13.1. The summed E-state index contributed by atoms with van der Waals surface area (Å²) in [6.45, 7) is 4.79. The molecule has 0 bridgehead atoms. The van der Waals surface area contributed by atoms with Crippen LogP contribution in [-0.2, 0) is 6.54 Å². The van der Waals surface area contributed by atoms with Crippen LogP contribution in [0.3, 0.4) is 0 Å². The second-order valence-corrected chi connectivity index (χ2v) is 6.59. The third-order valence-corrected chi connectivity index (χ3v) is 4.64. The fraction of sp³-hybridized carbons (Fsp3) is 0.273. The lowest BCUT2D eigenvalue weighted by Gasteiger charge is -2.23. The number of carbonyl (C=O) groups is 1. The van der Waals surface area contributed by atoms with Crippen LogP contribution in [0.2, 0.25) is 0 Å². The second-order valence-electron chi connectivity index (χ2n) is 6.59. The highest BCUT2D eigenvalue weighted by molar-refractivity contribution is 5.97. The zero-order valence-electron chi connectivity index (χ0n) is 15.9. The minimum atomic E-state index is -0.161. The van der Waals surface area contributed by atoms with Gasteiger partial charge in [0.2, 0.25) is 0 Å². The summed E-state index contributed by atoms with van der Waals surface area (Å²) in [6.07, 6.45) is 0.797. The standard InChI is InChI=1S/C22H24N2O3/c1-4-12-24(22(26)18-10-5-6-11-19(18)27-3)14-17-13-16-9-7-8-15(2)20(16)23-21(17)25/h5-11,13H,4,12,14H2,1-3H3,(H,23,25). The highest BCUT2D eigenvalue weighted by atomic mass is 16.5. The monoisotopic (exact) mass is 364 g/mol. The number of nitrogens with one attached hydrogen (secondary N) is 1. The van der Waals surface area contributed by atoms with Crippen LogP contribution in [0.1, 0.15) is 34.8 Å². The molecule has 5 heteroatoms. The third kappa shape index (κ3) is 3.87. The number of H-pyrrole nitrogens is 1. The molecule has 1 aromatic heterocycles. The van der Waals surface area contributed by atoms with E-state index in [1.54, 1.807) is 24.1 Å². The first-order valence-corrected chi connectivity index (χ1v) is 9.09. The number of fused-ring (bicyclic) bond motifs is 1. The van der Waals surface area contributed by atoms with Crippen molar-refractivity contribution in [3.8, 4) is 5.75 Å². The summed E-state index contributed by atoms with van der Waals surface area (Å²) in [4.78, 5) is 30.3. The zero-order valence-corrected chi connectivity index (χ0v) is 15.9. The first-order valence-electron chi connectivity index (χ1n) is 9.09. The van der Waals surface area contributed by atoms with Crippen LogP contribution in [0, 0.1) is 6.92 Å². The number of carbonyl (C=O) groups excluding carboxylic acids is 1. The van der Waals surface area contributed by atoms with E-state index in [1.165, 1.54) is 0 Å². The van der Waals surface area contributed by atoms with Gasteiger partial charge in [-0.05, 0) is 42.5 Å². The predicted molar refractivity (Wildman–Crippen MR) is 107 cm³/mol. The quantitative estimate of drug-likeness (QED) is 0.722. The number of amides is 1. The summed E-state index contributed by atoms with van der Waals surface area (Å²) >= 11 is 0. The van der Waals surface area contributed by atoms with E-state index in [9.17, 15) is 9.59 Å². The fourth-order valence-electron chi connectivity index (χ4n) is 3.27. The Hall–Kier alpha value is -3.08. The van der Waals surface area contributed by atoms with Gasteiger partial charge in [0.05, 0.1) is 24.7 Å². The van der Waals surface area contributed by atoms with Crippen LogP contribution < -0.4 is 10.3 Å². The molecule has 0 saturated heterocycles. The summed E-state index contributed by atoms with van der Waals surface area (Å²) in [6, 6.07) is 14.9. The molecule has 5 nitrogen and oxygen atoms in total. The molecule has 140 valence electrons. The van der Waals surface area contributed by atoms with Crippen molar-refractivity contribution >= 4 is 16.8 Å². The molecule has 0 aliphatic rings. The van der Waals surface area contributed by atoms with Crippen molar-refractivity contribution in [3.05, 3.63) is 75.6 Å². The van der Waals surface area contributed by atoms with Gasteiger partial charge in [0.1, 0.15) is 5.75 Å². The van der Waals surface area contributed by atoms with Crippen molar-refractivity contribution in [3.63, 3.8) is 0 Å². The fourth-order valence-corrected chi connectivity index (χ4v) is 3.27. The molecule has 0 unspecified atom stereocenters. The molecule has 3 aromatic rings. The van der Waals surface area contributed by atoms with E-state index in [0.717, 1.165) is 22.9 Å². The zero-order chi connectivity index (χ0) is 19.4. The van der Waals surface area contributed by atoms with Crippen molar-refractivity contribution in [1.29, 1.82) is 0 Å². The lowest BCUT2D eigenvalue weighted by Crippen LogP contribution is -2.33. The Labute approximate surface area is 158 Å². The van der Waals surface area contributed by atoms with Gasteiger partial charge in [-0.25, -0.2) is 0 Å². The Morgan fingerprint density at radius 3 is 2.67 bits per heavy atom. The van der Waals surface area contributed by atoms with Crippen LogP contribution in [0.15, 0.2) is 53.3 Å². The number of aryl methyl sites for hydroxylation is 1. The van der Waals surface area contributed by atoms with Gasteiger partial charge in [0.25, 0.3) is 11.5 Å². The molecule has 1 heterocycles. The molecule has 0 aliphatic carbocycles. The number of aromatic amines is 1. The van der Waals surface area contributed by atoms with Gasteiger partial charge in [-0.2, -0.15) is 0 Å². The van der Waals surface area contributed by atoms with E-state index in [-0.39, 0.29) is 18.0 Å². The average molecular weight is 364 g/mol. The lowest BCUT2D eigenvalue weighted by molar-refractivity contribution is 0.0739. The molecular formula is C22H24N2O3. The van der Waals surface area contributed by atoms with Crippen LogP contribution in [0.4, 0.5) is 0 Å². The summed E-state index contributed by atoms with van der Waals surface area (Å²) in [5.74, 6) is 0.393. The van der Waals surface area contributed by atoms with Gasteiger partial charge in [-0.3, -0.25) is 9.59 Å². The van der Waals surface area contributed by atoms with E-state index in [0.29, 0.717) is 23.4 Å². The van der Waals surface area contributed by atoms with E-state index in [2.05, 4.69) is 4.98 Å². The first kappa shape index (κ1) is 18.7. The van der Waals surface area contributed by atoms with Crippen molar-refractivity contribution < 1.29 is 9.53 Å². The topological polar surface area (TPSA) is 62.4 Å². The predicted octanol–water partition coefficient (Wildman–Crippen LogP) is 3.90. The summed E-state index contributed by atoms with van der Waals surface area (Å²) < 4.78 is 5.32. The number of ether oxygens (including phenoxy) is 1. The number of hydrogen-bond donors (Lipinski definition) is 1. The molecule has 0 saturated carbocycles. The van der Waals surface area contributed by atoms with E-state index in [4.69, 9.17) is 4.74 Å². The Morgan fingerprint density at radius 1 is 1.15 bits per heavy atom. The highest BCUT2D eigenvalue weighted by Crippen LogP contribution is 2.21. The maximum Gasteiger partial charge on any atom is 0.257 e. The van der Waals surface area contributed by atoms with Crippen molar-refractivity contribution in [1.82, 2.24) is 9.88 Å². The second kappa shape index (κ2) is 8.08. The molecule has 0 radical (unpaired) electrons. The molecular weight excluding hydrogens is 340 g/mol. The minimum absolute atomic E-state index is 0.141. The average Bonchev–Trinajstić information content (AvgIpc) is 2.68. The number of nitrogens with zero attached hydrogens (tertiary/aromatic N) is 1. The number of para-hydroxylation sites is 2. The lowest BCUT2D eigenvalue weighted by atomic mass is 10.1. The van der Waals surface area contributed by atoms with Gasteiger partial charge in [0, 0.05) is 12.1 Å². The Morgan fingerprint density at radius 2 is 1.93 bits per heavy atom. The molecule has 0 aliphatic heterocycles. The minimum Gasteiger partial charge on any atom is -0.496 e. The first-order chi connectivity index (χ1) is 13.0. The summed E-state index contributed by atoms with van der Waals surface area (Å²) in [5, 5.41) is 0.964. The molecule has 1 N–H and O–H groups in total. The SMILES string of the molecule is CCCN(Cc1cc2cccc(C)c2[nH]c1=O)C(=O)c1ccccc1OC. The highest BCUT2D eigenvalue weighted by Gasteiger charge is 2.20. The van der Waals surface area contributed by atoms with E-state index < -0.39 is 0 Å². The van der Waals surface area contributed by atoms with Gasteiger partial charge >= 0.3 is 0 Å². The molecule has 3 rings (SSSR count). The number of rotatable bonds is 6. The largest absolute Gasteiger partial charge is 0.496 e.